The molecule has 168 valence electrons. The second-order valence-corrected chi connectivity index (χ2v) is 15.7. The molecule has 1 amide bonds. The molecule has 0 aromatic rings. The molecule has 0 saturated carbocycles. The van der Waals surface area contributed by atoms with Gasteiger partial charge in [-0.1, -0.05) is 32.8 Å². The van der Waals surface area contributed by atoms with Crippen molar-refractivity contribution in [2.45, 2.75) is 110 Å². The van der Waals surface area contributed by atoms with E-state index in [9.17, 15) is 4.79 Å². The normalized spacial score (nSPS) is 22.0. The van der Waals surface area contributed by atoms with Crippen molar-refractivity contribution >= 4 is 14.4 Å². The SMILES string of the molecule is C[C@@H](C[C@@H]1COC(C)(C)N1C(=O)OC(C)(C)C)C(N=[N+]=[N-])O[Si](C)(C)C(C)(C)C. The third kappa shape index (κ3) is 6.88. The summed E-state index contributed by atoms with van der Waals surface area (Å²) in [5, 5.41) is 3.94. The van der Waals surface area contributed by atoms with Gasteiger partial charge in [0.05, 0.1) is 12.6 Å². The van der Waals surface area contributed by atoms with Gasteiger partial charge in [-0.25, -0.2) is 4.79 Å². The smallest absolute Gasteiger partial charge is 0.412 e. The minimum absolute atomic E-state index is 0.00302. The highest BCUT2D eigenvalue weighted by molar-refractivity contribution is 6.74. The van der Waals surface area contributed by atoms with Crippen LogP contribution in [0.25, 0.3) is 10.4 Å². The summed E-state index contributed by atoms with van der Waals surface area (Å²) in [7, 11) is -2.12. The highest BCUT2D eigenvalue weighted by atomic mass is 28.4. The van der Waals surface area contributed by atoms with Crippen LogP contribution in [-0.2, 0) is 13.9 Å². The Morgan fingerprint density at radius 1 is 1.31 bits per heavy atom. The van der Waals surface area contributed by atoms with Crippen LogP contribution >= 0.6 is 0 Å². The summed E-state index contributed by atoms with van der Waals surface area (Å²) >= 11 is 0. The van der Waals surface area contributed by atoms with Gasteiger partial charge in [-0.05, 0) is 70.6 Å². The molecule has 1 rings (SSSR count). The van der Waals surface area contributed by atoms with Crippen molar-refractivity contribution in [3.63, 3.8) is 0 Å². The van der Waals surface area contributed by atoms with E-state index in [1.165, 1.54) is 0 Å². The zero-order valence-corrected chi connectivity index (χ0v) is 21.1. The first-order valence-electron chi connectivity index (χ1n) is 10.3. The van der Waals surface area contributed by atoms with Crippen molar-refractivity contribution in [2.75, 3.05) is 6.61 Å². The second kappa shape index (κ2) is 8.84. The summed E-state index contributed by atoms with van der Waals surface area (Å²) in [5.74, 6) is -0.0903. The molecule has 0 bridgehead atoms. The fourth-order valence-electron chi connectivity index (χ4n) is 3.07. The maximum atomic E-state index is 12.8. The van der Waals surface area contributed by atoms with E-state index in [4.69, 9.17) is 19.4 Å². The topological polar surface area (TPSA) is 96.8 Å². The van der Waals surface area contributed by atoms with Gasteiger partial charge in [0.15, 0.2) is 8.32 Å². The molecule has 1 aliphatic heterocycles. The quantitative estimate of drug-likeness (QED) is 0.223. The molecule has 8 nitrogen and oxygen atoms in total. The van der Waals surface area contributed by atoms with Crippen LogP contribution in [0.1, 0.15) is 68.7 Å². The Morgan fingerprint density at radius 3 is 2.31 bits per heavy atom. The average molecular weight is 429 g/mol. The average Bonchev–Trinajstić information content (AvgIpc) is 2.78. The molecule has 0 aromatic carbocycles. The Hall–Kier alpha value is -1.28. The number of nitrogens with zero attached hydrogens (tertiary/aromatic N) is 4. The molecule has 1 aliphatic rings. The molecule has 1 unspecified atom stereocenters. The number of hydrogen-bond acceptors (Lipinski definition) is 5. The number of rotatable bonds is 6. The van der Waals surface area contributed by atoms with Crippen molar-refractivity contribution in [3.05, 3.63) is 10.4 Å². The molecular weight excluding hydrogens is 388 g/mol. The standard InChI is InChI=1S/C20H40N4O4Si/c1-14(16(22-23-21)28-29(10,11)19(5,6)7)12-15-13-26-20(8,9)24(15)17(25)27-18(2,3)4/h14-16H,12-13H2,1-11H3/t14-,15+,16?/m0/s1. The van der Waals surface area contributed by atoms with Gasteiger partial charge in [0.1, 0.15) is 17.6 Å². The van der Waals surface area contributed by atoms with Crippen LogP contribution in [0.15, 0.2) is 5.11 Å². The maximum absolute atomic E-state index is 12.8. The van der Waals surface area contributed by atoms with E-state index in [1.54, 1.807) is 4.90 Å². The van der Waals surface area contributed by atoms with E-state index in [0.717, 1.165) is 0 Å². The largest absolute Gasteiger partial charge is 0.444 e. The molecule has 9 heteroatoms. The summed E-state index contributed by atoms with van der Waals surface area (Å²) in [6.45, 7) is 22.4. The van der Waals surface area contributed by atoms with E-state index < -0.39 is 32.0 Å². The predicted octanol–water partition coefficient (Wildman–Crippen LogP) is 6.04. The molecule has 0 radical (unpaired) electrons. The number of hydrogen-bond donors (Lipinski definition) is 0. The molecular formula is C20H40N4O4Si. The Balaban J connectivity index is 3.02. The van der Waals surface area contributed by atoms with Gasteiger partial charge in [0.2, 0.25) is 0 Å². The van der Waals surface area contributed by atoms with Crippen LogP contribution in [0, 0.1) is 5.92 Å². The molecule has 0 N–H and O–H groups in total. The number of amides is 1. The molecule has 29 heavy (non-hydrogen) atoms. The van der Waals surface area contributed by atoms with Crippen LogP contribution in [0.3, 0.4) is 0 Å². The fourth-order valence-corrected chi connectivity index (χ4v) is 4.30. The lowest BCUT2D eigenvalue weighted by Gasteiger charge is -2.40. The number of ether oxygens (including phenoxy) is 2. The lowest BCUT2D eigenvalue weighted by Crippen LogP contribution is -2.51. The summed E-state index contributed by atoms with van der Waals surface area (Å²) in [4.78, 5) is 17.5. The monoisotopic (exact) mass is 428 g/mol. The summed E-state index contributed by atoms with van der Waals surface area (Å²) in [6, 6.07) is -0.186. The van der Waals surface area contributed by atoms with E-state index in [0.29, 0.717) is 13.0 Å². The zero-order valence-electron chi connectivity index (χ0n) is 20.1. The first-order valence-corrected chi connectivity index (χ1v) is 13.2. The minimum atomic E-state index is -2.12. The van der Waals surface area contributed by atoms with Crippen LogP contribution in [0.4, 0.5) is 4.79 Å². The van der Waals surface area contributed by atoms with Crippen molar-refractivity contribution in [1.29, 1.82) is 0 Å². The molecule has 1 fully saturated rings. The first-order chi connectivity index (χ1) is 12.9. The number of carbonyl (C=O) groups is 1. The van der Waals surface area contributed by atoms with Crippen LogP contribution in [0.2, 0.25) is 18.1 Å². The zero-order chi connectivity index (χ0) is 22.8. The minimum Gasteiger partial charge on any atom is -0.444 e. The Kier molecular flexibility index (Phi) is 7.85. The van der Waals surface area contributed by atoms with Gasteiger partial charge in [-0.15, -0.1) is 0 Å². The number of carbonyl (C=O) groups excluding carboxylic acids is 1. The predicted molar refractivity (Wildman–Crippen MR) is 117 cm³/mol. The Bertz CT molecular complexity index is 633. The molecule has 1 saturated heterocycles. The Morgan fingerprint density at radius 2 is 1.86 bits per heavy atom. The fraction of sp³-hybridized carbons (Fsp3) is 0.950. The lowest BCUT2D eigenvalue weighted by atomic mass is 9.99. The summed E-state index contributed by atoms with van der Waals surface area (Å²) in [6.07, 6.45) is -0.408. The summed E-state index contributed by atoms with van der Waals surface area (Å²) < 4.78 is 17.9. The lowest BCUT2D eigenvalue weighted by molar-refractivity contribution is -0.0635. The number of azide groups is 1. The van der Waals surface area contributed by atoms with Crippen molar-refractivity contribution in [2.24, 2.45) is 11.0 Å². The first kappa shape index (κ1) is 25.8. The van der Waals surface area contributed by atoms with Crippen molar-refractivity contribution in [3.8, 4) is 0 Å². The highest BCUT2D eigenvalue weighted by Gasteiger charge is 2.47. The van der Waals surface area contributed by atoms with Crippen LogP contribution in [-0.4, -0.2) is 49.5 Å². The van der Waals surface area contributed by atoms with Gasteiger partial charge in [0.25, 0.3) is 0 Å². The van der Waals surface area contributed by atoms with E-state index in [2.05, 4.69) is 43.9 Å². The van der Waals surface area contributed by atoms with Gasteiger partial charge < -0.3 is 13.9 Å². The molecule has 3 atom stereocenters. The van der Waals surface area contributed by atoms with Gasteiger partial charge in [0, 0.05) is 4.91 Å². The van der Waals surface area contributed by atoms with Crippen LogP contribution < -0.4 is 0 Å². The third-order valence-corrected chi connectivity index (χ3v) is 10.1. The van der Waals surface area contributed by atoms with Crippen LogP contribution in [0.5, 0.6) is 0 Å². The molecule has 1 heterocycles. The van der Waals surface area contributed by atoms with Crippen molar-refractivity contribution < 1.29 is 18.7 Å². The van der Waals surface area contributed by atoms with Crippen molar-refractivity contribution in [1.82, 2.24) is 4.90 Å². The third-order valence-electron chi connectivity index (χ3n) is 5.68. The molecule has 0 spiro atoms. The maximum Gasteiger partial charge on any atom is 0.412 e. The van der Waals surface area contributed by atoms with E-state index in [-0.39, 0.29) is 17.0 Å². The van der Waals surface area contributed by atoms with E-state index >= 15 is 0 Å². The molecule has 0 aliphatic carbocycles. The van der Waals surface area contributed by atoms with Gasteiger partial charge >= 0.3 is 6.09 Å². The Labute approximate surface area is 177 Å². The molecule has 0 aromatic heterocycles. The van der Waals surface area contributed by atoms with Gasteiger partial charge in [-0.2, -0.15) is 0 Å². The highest BCUT2D eigenvalue weighted by Crippen LogP contribution is 2.39. The van der Waals surface area contributed by atoms with Gasteiger partial charge in [-0.3, -0.25) is 4.90 Å². The summed E-state index contributed by atoms with van der Waals surface area (Å²) in [5.41, 5.74) is 7.73. The second-order valence-electron chi connectivity index (χ2n) is 10.9. The van der Waals surface area contributed by atoms with E-state index in [1.807, 2.05) is 41.5 Å².